The van der Waals surface area contributed by atoms with Gasteiger partial charge < -0.3 is 15.4 Å². The molecule has 1 aromatic carbocycles. The van der Waals surface area contributed by atoms with Crippen molar-refractivity contribution >= 4 is 22.9 Å². The molecule has 0 atom stereocenters. The number of carbonyl (C=O) groups excluding carboxylic acids is 1. The highest BCUT2D eigenvalue weighted by Crippen LogP contribution is 2.31. The molecule has 0 unspecified atom stereocenters. The van der Waals surface area contributed by atoms with E-state index in [1.807, 2.05) is 17.5 Å². The van der Waals surface area contributed by atoms with Crippen LogP contribution >= 0.6 is 11.3 Å². The number of aryl methyl sites for hydroxylation is 1. The number of benzene rings is 1. The molecule has 1 amide bonds. The van der Waals surface area contributed by atoms with E-state index in [0.29, 0.717) is 24.5 Å². The fraction of sp³-hybridized carbons (Fsp3) is 0.267. The molecule has 0 saturated carbocycles. The number of fused-ring (bicyclic) bond motifs is 1. The first-order valence-corrected chi connectivity index (χ1v) is 7.44. The normalized spacial score (nSPS) is 13.1. The van der Waals surface area contributed by atoms with E-state index in [2.05, 4.69) is 23.6 Å². The van der Waals surface area contributed by atoms with Crippen molar-refractivity contribution in [1.29, 1.82) is 0 Å². The molecule has 1 aliphatic heterocycles. The van der Waals surface area contributed by atoms with E-state index in [1.165, 1.54) is 10.4 Å². The number of amides is 1. The van der Waals surface area contributed by atoms with Crippen molar-refractivity contribution in [1.82, 2.24) is 5.32 Å². The third kappa shape index (κ3) is 2.49. The van der Waals surface area contributed by atoms with Gasteiger partial charge in [-0.1, -0.05) is 6.07 Å². The van der Waals surface area contributed by atoms with Gasteiger partial charge in [0, 0.05) is 11.4 Å². The average Bonchev–Trinajstić information content (AvgIpc) is 2.89. The first-order chi connectivity index (χ1) is 9.75. The van der Waals surface area contributed by atoms with Crippen LogP contribution in [0.3, 0.4) is 0 Å². The van der Waals surface area contributed by atoms with Gasteiger partial charge in [0.25, 0.3) is 5.91 Å². The molecule has 2 N–H and O–H groups in total. The number of anilines is 1. The van der Waals surface area contributed by atoms with E-state index in [1.54, 1.807) is 17.4 Å². The Morgan fingerprint density at radius 3 is 3.15 bits per heavy atom. The smallest absolute Gasteiger partial charge is 0.255 e. The van der Waals surface area contributed by atoms with Crippen molar-refractivity contribution in [2.24, 2.45) is 0 Å². The summed E-state index contributed by atoms with van der Waals surface area (Å²) in [5.41, 5.74) is 2.68. The van der Waals surface area contributed by atoms with Crippen LogP contribution in [0.1, 0.15) is 20.8 Å². The molecule has 3 rings (SSSR count). The summed E-state index contributed by atoms with van der Waals surface area (Å²) in [5.74, 6) is 0.553. The van der Waals surface area contributed by atoms with Crippen molar-refractivity contribution < 1.29 is 9.53 Å². The Bertz CT molecular complexity index is 637. The van der Waals surface area contributed by atoms with Crippen molar-refractivity contribution in [3.63, 3.8) is 0 Å². The number of hydrogen-bond acceptors (Lipinski definition) is 4. The predicted octanol–water partition coefficient (Wildman–Crippen LogP) is 2.79. The van der Waals surface area contributed by atoms with Gasteiger partial charge in [-0.3, -0.25) is 4.79 Å². The van der Waals surface area contributed by atoms with Crippen molar-refractivity contribution in [3.05, 3.63) is 45.6 Å². The van der Waals surface area contributed by atoms with Crippen LogP contribution in [-0.4, -0.2) is 19.1 Å². The molecule has 2 aromatic rings. The quantitative estimate of drug-likeness (QED) is 0.913. The van der Waals surface area contributed by atoms with E-state index in [0.717, 1.165) is 12.2 Å². The lowest BCUT2D eigenvalue weighted by atomic mass is 10.1. The molecule has 0 spiro atoms. The number of ether oxygens (including phenoxy) is 1. The minimum absolute atomic E-state index is 0.0987. The Hall–Kier alpha value is -2.01. The fourth-order valence-electron chi connectivity index (χ4n) is 2.19. The van der Waals surface area contributed by atoms with Gasteiger partial charge >= 0.3 is 0 Å². The van der Waals surface area contributed by atoms with Gasteiger partial charge in [-0.25, -0.2) is 0 Å². The molecule has 0 radical (unpaired) electrons. The van der Waals surface area contributed by atoms with Crippen LogP contribution in [0.2, 0.25) is 0 Å². The Morgan fingerprint density at radius 2 is 2.35 bits per heavy atom. The summed E-state index contributed by atoms with van der Waals surface area (Å²) < 4.78 is 5.62. The maximum absolute atomic E-state index is 12.3. The lowest BCUT2D eigenvalue weighted by Crippen LogP contribution is -2.26. The zero-order valence-corrected chi connectivity index (χ0v) is 12.0. The number of rotatable bonds is 3. The molecule has 20 heavy (non-hydrogen) atoms. The van der Waals surface area contributed by atoms with Gasteiger partial charge in [0.1, 0.15) is 6.61 Å². The zero-order chi connectivity index (χ0) is 13.9. The van der Waals surface area contributed by atoms with Crippen LogP contribution in [0.25, 0.3) is 0 Å². The molecule has 1 aliphatic rings. The largest absolute Gasteiger partial charge is 0.489 e. The van der Waals surface area contributed by atoms with E-state index in [4.69, 9.17) is 4.74 Å². The standard InChI is InChI=1S/C15H16N2O2S/c1-10-5-8-20-13(10)9-17-15(18)11-3-2-4-12-14(11)19-7-6-16-12/h2-5,8,16H,6-7,9H2,1H3,(H,17,18). The summed E-state index contributed by atoms with van der Waals surface area (Å²) >= 11 is 1.66. The maximum Gasteiger partial charge on any atom is 0.255 e. The summed E-state index contributed by atoms with van der Waals surface area (Å²) in [6, 6.07) is 7.65. The summed E-state index contributed by atoms with van der Waals surface area (Å²) in [4.78, 5) is 13.5. The molecule has 4 nitrogen and oxygen atoms in total. The molecule has 1 aromatic heterocycles. The minimum Gasteiger partial charge on any atom is -0.489 e. The van der Waals surface area contributed by atoms with Crippen LogP contribution in [0.15, 0.2) is 29.6 Å². The fourth-order valence-corrected chi connectivity index (χ4v) is 3.04. The molecule has 0 fully saturated rings. The summed E-state index contributed by atoms with van der Waals surface area (Å²) in [5, 5.41) is 8.23. The first kappa shape index (κ1) is 13.0. The third-order valence-electron chi connectivity index (χ3n) is 3.30. The van der Waals surface area contributed by atoms with Gasteiger partial charge in [-0.2, -0.15) is 0 Å². The Kier molecular flexibility index (Phi) is 3.60. The maximum atomic E-state index is 12.3. The second-order valence-electron chi connectivity index (χ2n) is 4.67. The summed E-state index contributed by atoms with van der Waals surface area (Å²) in [6.07, 6.45) is 0. The molecule has 104 valence electrons. The summed E-state index contributed by atoms with van der Waals surface area (Å²) in [6.45, 7) is 3.96. The second kappa shape index (κ2) is 5.54. The van der Waals surface area contributed by atoms with Gasteiger partial charge in [-0.15, -0.1) is 11.3 Å². The van der Waals surface area contributed by atoms with Crippen LogP contribution in [0, 0.1) is 6.92 Å². The number of nitrogens with one attached hydrogen (secondary N) is 2. The van der Waals surface area contributed by atoms with E-state index in [-0.39, 0.29) is 5.91 Å². The van der Waals surface area contributed by atoms with Crippen LogP contribution in [-0.2, 0) is 6.54 Å². The third-order valence-corrected chi connectivity index (χ3v) is 4.32. The van der Waals surface area contributed by atoms with Gasteiger partial charge in [0.2, 0.25) is 0 Å². The molecule has 2 heterocycles. The van der Waals surface area contributed by atoms with Gasteiger partial charge in [0.15, 0.2) is 5.75 Å². The highest BCUT2D eigenvalue weighted by atomic mass is 32.1. The zero-order valence-electron chi connectivity index (χ0n) is 11.2. The molecule has 0 bridgehead atoms. The lowest BCUT2D eigenvalue weighted by molar-refractivity contribution is 0.0947. The first-order valence-electron chi connectivity index (χ1n) is 6.56. The number of hydrogen-bond donors (Lipinski definition) is 2. The average molecular weight is 288 g/mol. The highest BCUT2D eigenvalue weighted by molar-refractivity contribution is 7.10. The number of para-hydroxylation sites is 1. The van der Waals surface area contributed by atoms with Gasteiger partial charge in [0.05, 0.1) is 17.8 Å². The molecule has 5 heteroatoms. The molecule has 0 aliphatic carbocycles. The van der Waals surface area contributed by atoms with E-state index in [9.17, 15) is 4.79 Å². The lowest BCUT2D eigenvalue weighted by Gasteiger charge is -2.21. The Morgan fingerprint density at radius 1 is 1.45 bits per heavy atom. The summed E-state index contributed by atoms with van der Waals surface area (Å²) in [7, 11) is 0. The van der Waals surface area contributed by atoms with Crippen LogP contribution < -0.4 is 15.4 Å². The van der Waals surface area contributed by atoms with Crippen LogP contribution in [0.5, 0.6) is 5.75 Å². The van der Waals surface area contributed by atoms with Crippen molar-refractivity contribution in [3.8, 4) is 5.75 Å². The Labute approximate surface area is 121 Å². The predicted molar refractivity (Wildman–Crippen MR) is 80.7 cm³/mol. The molecule has 0 saturated heterocycles. The second-order valence-corrected chi connectivity index (χ2v) is 5.67. The highest BCUT2D eigenvalue weighted by Gasteiger charge is 2.18. The van der Waals surface area contributed by atoms with Gasteiger partial charge in [-0.05, 0) is 36.1 Å². The topological polar surface area (TPSA) is 50.4 Å². The number of thiophene rings is 1. The van der Waals surface area contributed by atoms with Crippen LogP contribution in [0.4, 0.5) is 5.69 Å². The SMILES string of the molecule is Cc1ccsc1CNC(=O)c1cccc2c1OCCN2. The van der Waals surface area contributed by atoms with Crippen molar-refractivity contribution in [2.75, 3.05) is 18.5 Å². The van der Waals surface area contributed by atoms with Crippen molar-refractivity contribution in [2.45, 2.75) is 13.5 Å². The van der Waals surface area contributed by atoms with E-state index >= 15 is 0 Å². The van der Waals surface area contributed by atoms with E-state index < -0.39 is 0 Å². The molecular formula is C15H16N2O2S. The molecular weight excluding hydrogens is 272 g/mol. The Balaban J connectivity index is 1.76. The minimum atomic E-state index is -0.0987. The monoisotopic (exact) mass is 288 g/mol. The number of carbonyl (C=O) groups is 1.